The molecule has 1 aromatic carbocycles. The Kier molecular flexibility index (Phi) is 4.06. The van der Waals surface area contributed by atoms with Gasteiger partial charge >= 0.3 is 6.18 Å². The molecule has 12 heteroatoms. The molecule has 2 atom stereocenters. The Morgan fingerprint density at radius 1 is 1.33 bits per heavy atom. The van der Waals surface area contributed by atoms with Crippen molar-refractivity contribution in [2.45, 2.75) is 18.3 Å². The number of hydrogen-bond acceptors (Lipinski definition) is 4. The summed E-state index contributed by atoms with van der Waals surface area (Å²) in [5.74, 6) is -3.34. The van der Waals surface area contributed by atoms with E-state index >= 15 is 0 Å². The minimum atomic E-state index is -5.14. The first kappa shape index (κ1) is 18.3. The van der Waals surface area contributed by atoms with Crippen LogP contribution in [0, 0.1) is 5.92 Å². The average molecular weight is 422 g/mol. The van der Waals surface area contributed by atoms with Crippen molar-refractivity contribution in [1.82, 2.24) is 20.2 Å². The van der Waals surface area contributed by atoms with E-state index in [1.165, 1.54) is 12.1 Å². The molecule has 4 rings (SSSR count). The zero-order chi connectivity index (χ0) is 19.6. The molecule has 0 spiro atoms. The monoisotopic (exact) mass is 421 g/mol. The number of fused-ring (bicyclic) bond motifs is 3. The summed E-state index contributed by atoms with van der Waals surface area (Å²) in [4.78, 5) is 28.9. The molecule has 27 heavy (non-hydrogen) atoms. The van der Waals surface area contributed by atoms with Crippen LogP contribution >= 0.6 is 23.2 Å². The molecule has 0 bridgehead atoms. The summed E-state index contributed by atoms with van der Waals surface area (Å²) in [6, 6.07) is 2.47. The van der Waals surface area contributed by atoms with Crippen molar-refractivity contribution in [3.05, 3.63) is 22.2 Å². The van der Waals surface area contributed by atoms with Crippen LogP contribution in [0.1, 0.15) is 6.42 Å². The lowest BCUT2D eigenvalue weighted by molar-refractivity contribution is -0.218. The molecule has 2 aliphatic rings. The molecule has 3 N–H and O–H groups in total. The highest BCUT2D eigenvalue weighted by molar-refractivity contribution is 6.42. The van der Waals surface area contributed by atoms with Crippen molar-refractivity contribution in [3.8, 4) is 0 Å². The zero-order valence-electron chi connectivity index (χ0n) is 13.5. The van der Waals surface area contributed by atoms with Gasteiger partial charge in [-0.3, -0.25) is 19.5 Å². The second-order valence-corrected chi connectivity index (χ2v) is 7.18. The Morgan fingerprint density at radius 2 is 2.04 bits per heavy atom. The maximum Gasteiger partial charge on any atom is 0.440 e. The van der Waals surface area contributed by atoms with Crippen LogP contribution in [-0.2, 0) is 15.3 Å². The first-order valence-corrected chi connectivity index (χ1v) is 8.69. The molecule has 0 saturated carbocycles. The van der Waals surface area contributed by atoms with E-state index in [1.807, 2.05) is 5.32 Å². The topological polar surface area (TPSA) is 88.1 Å². The van der Waals surface area contributed by atoms with Gasteiger partial charge in [0.15, 0.2) is 0 Å². The number of benzene rings is 1. The number of aromatic nitrogens is 2. The highest BCUT2D eigenvalue weighted by Crippen LogP contribution is 2.45. The maximum atomic E-state index is 14.2. The van der Waals surface area contributed by atoms with Crippen molar-refractivity contribution in [1.29, 1.82) is 0 Å². The van der Waals surface area contributed by atoms with Gasteiger partial charge in [-0.25, -0.2) is 4.98 Å². The van der Waals surface area contributed by atoms with Crippen LogP contribution < -0.4 is 16.0 Å². The molecule has 2 unspecified atom stereocenters. The molecule has 1 aromatic heterocycles. The number of anilines is 1. The van der Waals surface area contributed by atoms with Crippen LogP contribution in [0.4, 0.5) is 19.1 Å². The Balaban J connectivity index is 1.91. The summed E-state index contributed by atoms with van der Waals surface area (Å²) in [5, 5.41) is 7.02. The van der Waals surface area contributed by atoms with Gasteiger partial charge in [0, 0.05) is 6.54 Å². The van der Waals surface area contributed by atoms with Crippen LogP contribution in [0.5, 0.6) is 0 Å². The molecule has 0 radical (unpaired) electrons. The number of nitrogens with one attached hydrogen (secondary N) is 3. The smallest absolute Gasteiger partial charge is 0.317 e. The largest absolute Gasteiger partial charge is 0.440 e. The number of amides is 2. The fraction of sp³-hybridized carbons (Fsp3) is 0.400. The standard InChI is InChI=1S/C15H12Cl2F3N5O2/c16-7-3-9-10(4-8(7)17)25-13(22-9)23-12(27)14(25,15(18,19)20)24-11(26)6-1-2-21-5-6/h3-4,6,21H,1-2,5H2,(H,24,26)(H,22,23,27). The fourth-order valence-corrected chi connectivity index (χ4v) is 3.70. The van der Waals surface area contributed by atoms with Crippen LogP contribution in [0.3, 0.4) is 0 Å². The number of nitrogens with zero attached hydrogens (tertiary/aromatic N) is 2. The summed E-state index contributed by atoms with van der Waals surface area (Å²) in [5.41, 5.74) is -3.31. The summed E-state index contributed by atoms with van der Waals surface area (Å²) < 4.78 is 43.2. The zero-order valence-corrected chi connectivity index (χ0v) is 15.0. The van der Waals surface area contributed by atoms with Crippen LogP contribution in [0.2, 0.25) is 10.0 Å². The molecular weight excluding hydrogens is 410 g/mol. The highest BCUT2D eigenvalue weighted by Gasteiger charge is 2.68. The first-order chi connectivity index (χ1) is 12.6. The molecule has 2 aromatic rings. The minimum Gasteiger partial charge on any atom is -0.317 e. The van der Waals surface area contributed by atoms with Crippen LogP contribution in [-0.4, -0.2) is 40.6 Å². The molecule has 2 amide bonds. The third kappa shape index (κ3) is 2.58. The van der Waals surface area contributed by atoms with Gasteiger partial charge in [-0.15, -0.1) is 0 Å². The predicted octanol–water partition coefficient (Wildman–Crippen LogP) is 2.24. The summed E-state index contributed by atoms with van der Waals surface area (Å²) in [7, 11) is 0. The average Bonchev–Trinajstić information content (AvgIpc) is 3.25. The molecule has 2 aliphatic heterocycles. The van der Waals surface area contributed by atoms with Gasteiger partial charge in [-0.05, 0) is 25.1 Å². The third-order valence-electron chi connectivity index (χ3n) is 4.73. The van der Waals surface area contributed by atoms with Gasteiger partial charge in [0.25, 0.3) is 11.6 Å². The molecule has 144 valence electrons. The van der Waals surface area contributed by atoms with E-state index in [2.05, 4.69) is 15.6 Å². The molecule has 7 nitrogen and oxygen atoms in total. The second-order valence-electron chi connectivity index (χ2n) is 6.37. The van der Waals surface area contributed by atoms with Crippen LogP contribution in [0.15, 0.2) is 12.1 Å². The minimum absolute atomic E-state index is 0.00592. The maximum absolute atomic E-state index is 14.2. The number of rotatable bonds is 2. The fourth-order valence-electron chi connectivity index (χ4n) is 3.39. The Bertz CT molecular complexity index is 970. The van der Waals surface area contributed by atoms with Crippen molar-refractivity contribution in [2.24, 2.45) is 5.92 Å². The van der Waals surface area contributed by atoms with E-state index in [0.29, 0.717) is 17.5 Å². The van der Waals surface area contributed by atoms with Gasteiger partial charge in [0.05, 0.1) is 27.0 Å². The third-order valence-corrected chi connectivity index (χ3v) is 5.45. The van der Waals surface area contributed by atoms with Crippen molar-refractivity contribution in [2.75, 3.05) is 18.4 Å². The molecular formula is C15H12Cl2F3N5O2. The van der Waals surface area contributed by atoms with Gasteiger partial charge in [-0.2, -0.15) is 13.2 Å². The molecule has 0 aliphatic carbocycles. The Labute approximate surface area is 160 Å². The summed E-state index contributed by atoms with van der Waals surface area (Å²) in [6.07, 6.45) is -4.76. The van der Waals surface area contributed by atoms with E-state index in [9.17, 15) is 22.8 Å². The van der Waals surface area contributed by atoms with Crippen LogP contribution in [0.25, 0.3) is 11.0 Å². The van der Waals surface area contributed by atoms with E-state index in [1.54, 1.807) is 0 Å². The van der Waals surface area contributed by atoms with Crippen molar-refractivity contribution >= 4 is 52.0 Å². The van der Waals surface area contributed by atoms with E-state index in [-0.39, 0.29) is 33.6 Å². The van der Waals surface area contributed by atoms with E-state index < -0.39 is 29.6 Å². The molecule has 1 saturated heterocycles. The highest BCUT2D eigenvalue weighted by atomic mass is 35.5. The second kappa shape index (κ2) is 5.98. The summed E-state index contributed by atoms with van der Waals surface area (Å²) in [6.45, 7) is 0.747. The van der Waals surface area contributed by atoms with Gasteiger partial charge in [0.2, 0.25) is 11.9 Å². The predicted molar refractivity (Wildman–Crippen MR) is 91.5 cm³/mol. The van der Waals surface area contributed by atoms with Gasteiger partial charge < -0.3 is 10.6 Å². The first-order valence-electron chi connectivity index (χ1n) is 7.94. The van der Waals surface area contributed by atoms with Crippen molar-refractivity contribution < 1.29 is 22.8 Å². The molecule has 1 fully saturated rings. The number of hydrogen-bond donors (Lipinski definition) is 3. The Morgan fingerprint density at radius 3 is 2.67 bits per heavy atom. The Hall–Kier alpha value is -2.04. The number of imidazole rings is 1. The van der Waals surface area contributed by atoms with Gasteiger partial charge in [0.1, 0.15) is 0 Å². The SMILES string of the molecule is O=C(NC1(C(F)(F)F)C(=O)Nc2nc3cc(Cl)c(Cl)cc3n21)C1CCNC1. The number of carbonyl (C=O) groups is 2. The van der Waals surface area contributed by atoms with E-state index in [4.69, 9.17) is 23.2 Å². The van der Waals surface area contributed by atoms with Crippen molar-refractivity contribution in [3.63, 3.8) is 0 Å². The molecule has 3 heterocycles. The number of alkyl halides is 3. The lowest BCUT2D eigenvalue weighted by atomic mass is 10.0. The normalized spacial score (nSPS) is 24.9. The quantitative estimate of drug-likeness (QED) is 0.693. The number of halogens is 5. The lowest BCUT2D eigenvalue weighted by Crippen LogP contribution is -2.64. The van der Waals surface area contributed by atoms with Gasteiger partial charge in [-0.1, -0.05) is 23.2 Å². The number of carbonyl (C=O) groups excluding carboxylic acids is 2. The lowest BCUT2D eigenvalue weighted by Gasteiger charge is -2.32. The summed E-state index contributed by atoms with van der Waals surface area (Å²) >= 11 is 11.8. The van der Waals surface area contributed by atoms with E-state index in [0.717, 1.165) is 0 Å².